The second kappa shape index (κ2) is 8.26. The van der Waals surface area contributed by atoms with Crippen molar-refractivity contribution >= 4 is 23.3 Å². The van der Waals surface area contributed by atoms with Gasteiger partial charge in [-0.15, -0.1) is 0 Å². The van der Waals surface area contributed by atoms with Crippen LogP contribution in [-0.2, 0) is 14.3 Å². The van der Waals surface area contributed by atoms with Crippen LogP contribution in [0.2, 0.25) is 0 Å². The maximum Gasteiger partial charge on any atom is 0.337 e. The summed E-state index contributed by atoms with van der Waals surface area (Å²) in [7, 11) is 2.79. The Kier molecular flexibility index (Phi) is 5.88. The molecule has 1 heterocycles. The number of anilines is 1. The van der Waals surface area contributed by atoms with Gasteiger partial charge < -0.3 is 14.6 Å². The van der Waals surface area contributed by atoms with Crippen LogP contribution in [0.4, 0.5) is 5.69 Å². The summed E-state index contributed by atoms with van der Waals surface area (Å²) in [5, 5.41) is 10.8. The van der Waals surface area contributed by atoms with Crippen molar-refractivity contribution in [2.24, 2.45) is 5.41 Å². The zero-order chi connectivity index (χ0) is 22.9. The number of methoxy groups -OCH3 is 2. The number of aliphatic hydroxyl groups excluding tert-OH is 1. The van der Waals surface area contributed by atoms with Crippen molar-refractivity contribution < 1.29 is 29.0 Å². The minimum absolute atomic E-state index is 0.00854. The molecule has 0 aliphatic carbocycles. The third-order valence-corrected chi connectivity index (χ3v) is 5.09. The molecular weight excluding hydrogens is 398 g/mol. The third kappa shape index (κ3) is 4.03. The molecule has 0 saturated heterocycles. The van der Waals surface area contributed by atoms with Gasteiger partial charge in [-0.25, -0.2) is 4.79 Å². The number of amides is 1. The number of carbonyl (C=O) groups excluding carboxylic acids is 3. The number of rotatable bonds is 5. The second-order valence-corrected chi connectivity index (χ2v) is 8.24. The summed E-state index contributed by atoms with van der Waals surface area (Å²) in [5.41, 5.74) is 0.364. The molecule has 162 valence electrons. The number of hydrogen-bond acceptors (Lipinski definition) is 6. The molecule has 2 aromatic carbocycles. The van der Waals surface area contributed by atoms with E-state index in [-0.39, 0.29) is 16.9 Å². The Morgan fingerprint density at radius 3 is 2.32 bits per heavy atom. The average Bonchev–Trinajstić information content (AvgIpc) is 3.02. The normalized spacial score (nSPS) is 16.5. The van der Waals surface area contributed by atoms with Crippen LogP contribution < -0.4 is 9.64 Å². The molecule has 0 radical (unpaired) electrons. The first-order valence-corrected chi connectivity index (χ1v) is 9.74. The Labute approximate surface area is 180 Å². The van der Waals surface area contributed by atoms with Crippen LogP contribution in [0, 0.1) is 5.41 Å². The van der Waals surface area contributed by atoms with Crippen LogP contribution in [0.3, 0.4) is 0 Å². The summed E-state index contributed by atoms with van der Waals surface area (Å²) in [4.78, 5) is 39.7. The number of hydrogen-bond donors (Lipinski definition) is 1. The average molecular weight is 423 g/mol. The molecule has 1 N–H and O–H groups in total. The number of esters is 1. The van der Waals surface area contributed by atoms with E-state index in [9.17, 15) is 19.5 Å². The largest absolute Gasteiger partial charge is 0.503 e. The number of aliphatic hydroxyl groups is 1. The first-order chi connectivity index (χ1) is 14.6. The molecule has 31 heavy (non-hydrogen) atoms. The summed E-state index contributed by atoms with van der Waals surface area (Å²) in [6.45, 7) is 5.18. The lowest BCUT2D eigenvalue weighted by molar-refractivity contribution is -0.123. The summed E-state index contributed by atoms with van der Waals surface area (Å²) < 4.78 is 10.1. The standard InChI is InChI=1S/C24H25NO6/c1-24(2,3)21(27)18-19(14-8-7-11-17(13-14)30-4)25(22(28)20(18)26)16-10-6-9-15(12-16)23(29)31-5/h6-13,19,26H,1-5H3. The first-order valence-electron chi connectivity index (χ1n) is 9.74. The SMILES string of the molecule is COC(=O)c1cccc(N2C(=O)C(O)=C(C(=O)C(C)(C)C)C2c2cccc(OC)c2)c1. The molecule has 1 amide bonds. The van der Waals surface area contributed by atoms with Crippen molar-refractivity contribution in [1.29, 1.82) is 0 Å². The Bertz CT molecular complexity index is 1080. The molecule has 0 bridgehead atoms. The molecule has 1 unspecified atom stereocenters. The van der Waals surface area contributed by atoms with Crippen LogP contribution in [-0.4, -0.2) is 37.0 Å². The van der Waals surface area contributed by atoms with Crippen molar-refractivity contribution in [3.8, 4) is 5.75 Å². The van der Waals surface area contributed by atoms with E-state index in [1.165, 1.54) is 25.2 Å². The quantitative estimate of drug-likeness (QED) is 0.731. The maximum absolute atomic E-state index is 13.3. The van der Waals surface area contributed by atoms with E-state index in [1.807, 2.05) is 0 Å². The number of nitrogens with zero attached hydrogens (tertiary/aromatic N) is 1. The van der Waals surface area contributed by atoms with Gasteiger partial charge in [-0.05, 0) is 35.9 Å². The predicted molar refractivity (Wildman–Crippen MR) is 115 cm³/mol. The minimum Gasteiger partial charge on any atom is -0.503 e. The molecule has 2 aromatic rings. The lowest BCUT2D eigenvalue weighted by Gasteiger charge is -2.29. The molecule has 1 atom stereocenters. The molecule has 7 nitrogen and oxygen atoms in total. The van der Waals surface area contributed by atoms with Gasteiger partial charge in [0.15, 0.2) is 11.5 Å². The smallest absolute Gasteiger partial charge is 0.337 e. The van der Waals surface area contributed by atoms with Crippen molar-refractivity contribution in [1.82, 2.24) is 0 Å². The third-order valence-electron chi connectivity index (χ3n) is 5.09. The van der Waals surface area contributed by atoms with E-state index in [1.54, 1.807) is 63.2 Å². The summed E-state index contributed by atoms with van der Waals surface area (Å²) >= 11 is 0. The van der Waals surface area contributed by atoms with E-state index in [2.05, 4.69) is 0 Å². The Morgan fingerprint density at radius 1 is 1.03 bits per heavy atom. The summed E-state index contributed by atoms with van der Waals surface area (Å²) in [5.74, 6) is -1.69. The number of carbonyl (C=O) groups is 3. The number of benzene rings is 2. The lowest BCUT2D eigenvalue weighted by atomic mass is 9.82. The van der Waals surface area contributed by atoms with Crippen molar-refractivity contribution in [3.05, 3.63) is 71.0 Å². The monoisotopic (exact) mass is 423 g/mol. The highest BCUT2D eigenvalue weighted by Crippen LogP contribution is 2.44. The first kappa shape index (κ1) is 22.1. The van der Waals surface area contributed by atoms with Crippen molar-refractivity contribution in [2.45, 2.75) is 26.8 Å². The molecule has 7 heteroatoms. The van der Waals surface area contributed by atoms with Crippen molar-refractivity contribution in [2.75, 3.05) is 19.1 Å². The van der Waals surface area contributed by atoms with Crippen LogP contribution in [0.1, 0.15) is 42.7 Å². The minimum atomic E-state index is -0.887. The van der Waals surface area contributed by atoms with Gasteiger partial charge in [0, 0.05) is 11.1 Å². The fourth-order valence-corrected chi connectivity index (χ4v) is 3.54. The maximum atomic E-state index is 13.3. The highest BCUT2D eigenvalue weighted by atomic mass is 16.5. The fraction of sp³-hybridized carbons (Fsp3) is 0.292. The van der Waals surface area contributed by atoms with Gasteiger partial charge in [-0.2, -0.15) is 0 Å². The Hall–Kier alpha value is -3.61. The van der Waals surface area contributed by atoms with Crippen molar-refractivity contribution in [3.63, 3.8) is 0 Å². The molecule has 0 fully saturated rings. The predicted octanol–water partition coefficient (Wildman–Crippen LogP) is 4.00. The van der Waals surface area contributed by atoms with Gasteiger partial charge in [-0.3, -0.25) is 14.5 Å². The van der Waals surface area contributed by atoms with Crippen LogP contribution in [0.25, 0.3) is 0 Å². The Morgan fingerprint density at radius 2 is 1.71 bits per heavy atom. The fourth-order valence-electron chi connectivity index (χ4n) is 3.54. The second-order valence-electron chi connectivity index (χ2n) is 8.24. The van der Waals surface area contributed by atoms with Gasteiger partial charge in [0.05, 0.1) is 31.4 Å². The van der Waals surface area contributed by atoms with Gasteiger partial charge in [0.1, 0.15) is 5.75 Å². The zero-order valence-corrected chi connectivity index (χ0v) is 18.1. The van der Waals surface area contributed by atoms with Gasteiger partial charge in [0.2, 0.25) is 0 Å². The molecule has 1 aliphatic heterocycles. The van der Waals surface area contributed by atoms with E-state index in [0.717, 1.165) is 0 Å². The lowest BCUT2D eigenvalue weighted by Crippen LogP contribution is -2.33. The molecular formula is C24H25NO6. The Balaban J connectivity index is 2.22. The number of Topliss-reactive ketones (excluding diaryl/α,β-unsaturated/α-hetero) is 1. The topological polar surface area (TPSA) is 93.1 Å². The van der Waals surface area contributed by atoms with Gasteiger partial charge >= 0.3 is 5.97 Å². The van der Waals surface area contributed by atoms with E-state index in [4.69, 9.17) is 9.47 Å². The molecule has 0 spiro atoms. The van der Waals surface area contributed by atoms with Crippen LogP contribution in [0.15, 0.2) is 59.9 Å². The molecule has 3 rings (SSSR count). The van der Waals surface area contributed by atoms with E-state index < -0.39 is 29.1 Å². The van der Waals surface area contributed by atoms with E-state index >= 15 is 0 Å². The van der Waals surface area contributed by atoms with E-state index in [0.29, 0.717) is 17.0 Å². The highest BCUT2D eigenvalue weighted by molar-refractivity contribution is 6.17. The number of ketones is 1. The van der Waals surface area contributed by atoms with Crippen LogP contribution in [0.5, 0.6) is 5.75 Å². The number of ether oxygens (including phenoxy) is 2. The summed E-state index contributed by atoms with van der Waals surface area (Å²) in [6, 6.07) is 12.4. The van der Waals surface area contributed by atoms with Crippen LogP contribution >= 0.6 is 0 Å². The molecule has 1 aliphatic rings. The van der Waals surface area contributed by atoms with Gasteiger partial charge in [-0.1, -0.05) is 39.0 Å². The summed E-state index contributed by atoms with van der Waals surface area (Å²) in [6.07, 6.45) is 0. The molecule has 0 aromatic heterocycles. The highest BCUT2D eigenvalue weighted by Gasteiger charge is 2.46. The zero-order valence-electron chi connectivity index (χ0n) is 18.1. The van der Waals surface area contributed by atoms with Gasteiger partial charge in [0.25, 0.3) is 5.91 Å². The molecule has 0 saturated carbocycles.